The van der Waals surface area contributed by atoms with Crippen LogP contribution in [0.4, 0.5) is 0 Å². The van der Waals surface area contributed by atoms with E-state index in [0.717, 1.165) is 17.7 Å². The van der Waals surface area contributed by atoms with E-state index >= 15 is 0 Å². The van der Waals surface area contributed by atoms with E-state index in [0.29, 0.717) is 6.42 Å². The third-order valence-electron chi connectivity index (χ3n) is 3.53. The van der Waals surface area contributed by atoms with Crippen LogP contribution in [0.1, 0.15) is 22.6 Å². The van der Waals surface area contributed by atoms with E-state index in [1.807, 2.05) is 62.6 Å². The Morgan fingerprint density at radius 1 is 1.00 bits per heavy atom. The summed E-state index contributed by atoms with van der Waals surface area (Å²) in [5.74, 6) is -1.28. The molecule has 4 heteroatoms. The highest BCUT2D eigenvalue weighted by atomic mass is 35.5. The van der Waals surface area contributed by atoms with Crippen molar-refractivity contribution >= 4 is 18.4 Å². The lowest BCUT2D eigenvalue weighted by atomic mass is 9.90. The Labute approximate surface area is 138 Å². The number of aliphatic carboxylic acids is 1. The molecule has 0 radical (unpaired) electrons. The quantitative estimate of drug-likeness (QED) is 0.884. The normalized spacial score (nSPS) is 11.8. The lowest BCUT2D eigenvalue weighted by Crippen LogP contribution is -2.17. The van der Waals surface area contributed by atoms with Crippen LogP contribution < -0.4 is 0 Å². The number of carbonyl (C=O) groups is 1. The third kappa shape index (κ3) is 4.86. The molecule has 0 bridgehead atoms. The number of halogens is 1. The molecule has 3 nitrogen and oxygen atoms in total. The average molecular weight is 320 g/mol. The molecule has 1 atom stereocenters. The number of carboxylic acid groups (broad SMARTS) is 1. The summed E-state index contributed by atoms with van der Waals surface area (Å²) in [6.45, 7) is 0.817. The third-order valence-corrected chi connectivity index (χ3v) is 3.53. The van der Waals surface area contributed by atoms with Crippen LogP contribution in [0, 0.1) is 0 Å². The number of rotatable bonds is 6. The predicted octanol–water partition coefficient (Wildman–Crippen LogP) is 3.58. The highest BCUT2D eigenvalue weighted by Gasteiger charge is 2.21. The highest BCUT2D eigenvalue weighted by Crippen LogP contribution is 2.23. The second-order valence-corrected chi connectivity index (χ2v) is 5.51. The zero-order valence-electron chi connectivity index (χ0n) is 12.9. The standard InChI is InChI=1S/C18H21NO2.ClH/c1-19(2)13-16-11-7-6-10-15(16)12-17(18(20)21)14-8-4-3-5-9-14;/h3-11,17H,12-13H2,1-2H3,(H,20,21);1H. The number of benzene rings is 2. The Balaban J connectivity index is 0.00000242. The first-order valence-electron chi connectivity index (χ1n) is 7.07. The molecule has 0 saturated carbocycles. The van der Waals surface area contributed by atoms with Gasteiger partial charge in [-0.05, 0) is 37.2 Å². The first-order chi connectivity index (χ1) is 10.1. The Bertz CT molecular complexity index is 599. The molecule has 0 aromatic heterocycles. The number of nitrogens with zero attached hydrogens (tertiary/aromatic N) is 1. The number of hydrogen-bond acceptors (Lipinski definition) is 2. The first-order valence-corrected chi connectivity index (χ1v) is 7.07. The van der Waals surface area contributed by atoms with Gasteiger partial charge in [0, 0.05) is 6.54 Å². The van der Waals surface area contributed by atoms with Crippen molar-refractivity contribution in [1.82, 2.24) is 4.90 Å². The van der Waals surface area contributed by atoms with Crippen molar-refractivity contribution in [2.24, 2.45) is 0 Å². The van der Waals surface area contributed by atoms with Crippen molar-refractivity contribution in [2.45, 2.75) is 18.9 Å². The van der Waals surface area contributed by atoms with Crippen molar-refractivity contribution in [3.05, 3.63) is 71.3 Å². The summed E-state index contributed by atoms with van der Waals surface area (Å²) in [7, 11) is 4.03. The smallest absolute Gasteiger partial charge is 0.311 e. The van der Waals surface area contributed by atoms with E-state index in [4.69, 9.17) is 0 Å². The van der Waals surface area contributed by atoms with E-state index < -0.39 is 11.9 Å². The lowest BCUT2D eigenvalue weighted by Gasteiger charge is -2.18. The summed E-state index contributed by atoms with van der Waals surface area (Å²) in [6.07, 6.45) is 0.517. The highest BCUT2D eigenvalue weighted by molar-refractivity contribution is 5.85. The van der Waals surface area contributed by atoms with Gasteiger partial charge in [0.05, 0.1) is 5.92 Å². The molecule has 2 aromatic carbocycles. The fourth-order valence-electron chi connectivity index (χ4n) is 2.50. The molecule has 22 heavy (non-hydrogen) atoms. The van der Waals surface area contributed by atoms with Crippen molar-refractivity contribution in [3.63, 3.8) is 0 Å². The first kappa shape index (κ1) is 18.2. The average Bonchev–Trinajstić information content (AvgIpc) is 2.46. The largest absolute Gasteiger partial charge is 0.481 e. The maximum Gasteiger partial charge on any atom is 0.311 e. The van der Waals surface area contributed by atoms with Gasteiger partial charge in [0.15, 0.2) is 0 Å². The molecule has 0 fully saturated rings. The van der Waals surface area contributed by atoms with Gasteiger partial charge in [-0.2, -0.15) is 0 Å². The molecule has 2 aromatic rings. The fraction of sp³-hybridized carbons (Fsp3) is 0.278. The predicted molar refractivity (Wildman–Crippen MR) is 91.6 cm³/mol. The summed E-state index contributed by atoms with van der Waals surface area (Å²) in [5, 5.41) is 9.55. The molecule has 0 heterocycles. The minimum atomic E-state index is -0.777. The Morgan fingerprint density at radius 2 is 1.55 bits per heavy atom. The van der Waals surface area contributed by atoms with Gasteiger partial charge in [-0.3, -0.25) is 4.79 Å². The molecule has 0 aliphatic carbocycles. The minimum Gasteiger partial charge on any atom is -0.481 e. The second kappa shape index (κ2) is 8.57. The maximum atomic E-state index is 11.6. The van der Waals surface area contributed by atoms with Crippen LogP contribution in [0.15, 0.2) is 54.6 Å². The van der Waals surface area contributed by atoms with Crippen molar-refractivity contribution in [3.8, 4) is 0 Å². The van der Waals surface area contributed by atoms with Gasteiger partial charge < -0.3 is 10.0 Å². The second-order valence-electron chi connectivity index (χ2n) is 5.51. The van der Waals surface area contributed by atoms with Crippen LogP contribution in [0.2, 0.25) is 0 Å². The Hall–Kier alpha value is -1.84. The summed E-state index contributed by atoms with van der Waals surface area (Å²) in [5.41, 5.74) is 3.14. The van der Waals surface area contributed by atoms with Gasteiger partial charge in [0.25, 0.3) is 0 Å². The SMILES string of the molecule is CN(C)Cc1ccccc1CC(C(=O)O)c1ccccc1.Cl. The van der Waals surface area contributed by atoms with Crippen LogP contribution in [0.25, 0.3) is 0 Å². The molecular weight excluding hydrogens is 298 g/mol. The van der Waals surface area contributed by atoms with E-state index in [1.165, 1.54) is 5.56 Å². The molecule has 2 rings (SSSR count). The van der Waals surface area contributed by atoms with Crippen LogP contribution in [-0.2, 0) is 17.8 Å². The fourth-order valence-corrected chi connectivity index (χ4v) is 2.50. The van der Waals surface area contributed by atoms with E-state index in [1.54, 1.807) is 0 Å². The monoisotopic (exact) mass is 319 g/mol. The molecule has 0 saturated heterocycles. The van der Waals surface area contributed by atoms with Crippen LogP contribution >= 0.6 is 12.4 Å². The summed E-state index contributed by atoms with van der Waals surface area (Å²) >= 11 is 0. The van der Waals surface area contributed by atoms with E-state index in [9.17, 15) is 9.90 Å². The van der Waals surface area contributed by atoms with Crippen LogP contribution in [0.5, 0.6) is 0 Å². The van der Waals surface area contributed by atoms with Crippen LogP contribution in [-0.4, -0.2) is 30.1 Å². The molecule has 0 amide bonds. The molecular formula is C18H22ClNO2. The van der Waals surface area contributed by atoms with Gasteiger partial charge in [0.2, 0.25) is 0 Å². The molecule has 0 spiro atoms. The number of hydrogen-bond donors (Lipinski definition) is 1. The van der Waals surface area contributed by atoms with Gasteiger partial charge >= 0.3 is 5.97 Å². The lowest BCUT2D eigenvalue weighted by molar-refractivity contribution is -0.138. The molecule has 0 aliphatic heterocycles. The zero-order chi connectivity index (χ0) is 15.2. The summed E-state index contributed by atoms with van der Waals surface area (Å²) in [6, 6.07) is 17.5. The molecule has 1 unspecified atom stereocenters. The van der Waals surface area contributed by atoms with Gasteiger partial charge in [-0.15, -0.1) is 12.4 Å². The van der Waals surface area contributed by atoms with Gasteiger partial charge in [0.1, 0.15) is 0 Å². The van der Waals surface area contributed by atoms with Crippen molar-refractivity contribution < 1.29 is 9.90 Å². The molecule has 0 aliphatic rings. The molecule has 1 N–H and O–H groups in total. The van der Waals surface area contributed by atoms with Crippen molar-refractivity contribution in [1.29, 1.82) is 0 Å². The van der Waals surface area contributed by atoms with Crippen molar-refractivity contribution in [2.75, 3.05) is 14.1 Å². The summed E-state index contributed by atoms with van der Waals surface area (Å²) in [4.78, 5) is 13.7. The van der Waals surface area contributed by atoms with Crippen LogP contribution in [0.3, 0.4) is 0 Å². The molecule has 118 valence electrons. The van der Waals surface area contributed by atoms with E-state index in [2.05, 4.69) is 11.0 Å². The number of carboxylic acids is 1. The Morgan fingerprint density at radius 3 is 2.09 bits per heavy atom. The van der Waals surface area contributed by atoms with Gasteiger partial charge in [-0.25, -0.2) is 0 Å². The zero-order valence-corrected chi connectivity index (χ0v) is 13.7. The Kier molecular flexibility index (Phi) is 7.09. The topological polar surface area (TPSA) is 40.5 Å². The van der Waals surface area contributed by atoms with E-state index in [-0.39, 0.29) is 12.4 Å². The maximum absolute atomic E-state index is 11.6. The van der Waals surface area contributed by atoms with Gasteiger partial charge in [-0.1, -0.05) is 54.6 Å². The summed E-state index contributed by atoms with van der Waals surface area (Å²) < 4.78 is 0. The minimum absolute atomic E-state index is 0.